The number of carbonyl (C=O) groups is 1. The van der Waals surface area contributed by atoms with E-state index in [0.29, 0.717) is 25.2 Å². The van der Waals surface area contributed by atoms with Crippen LogP contribution in [-0.2, 0) is 11.0 Å². The molecule has 0 spiro atoms. The number of nitrogens with zero attached hydrogens (tertiary/aromatic N) is 1. The molecule has 23 heavy (non-hydrogen) atoms. The number of hydrogen-bond acceptors (Lipinski definition) is 3. The van der Waals surface area contributed by atoms with E-state index < -0.39 is 23.0 Å². The number of anilines is 1. The Morgan fingerprint density at radius 1 is 1.52 bits per heavy atom. The Morgan fingerprint density at radius 3 is 2.78 bits per heavy atom. The Balaban J connectivity index is 2.12. The number of carboxylic acids is 1. The first-order valence-corrected chi connectivity index (χ1v) is 8.55. The van der Waals surface area contributed by atoms with Crippen LogP contribution in [0.1, 0.15) is 25.3 Å². The third kappa shape index (κ3) is 4.26. The maximum Gasteiger partial charge on any atom is 0.417 e. The van der Waals surface area contributed by atoms with Crippen molar-refractivity contribution < 1.29 is 23.1 Å². The largest absolute Gasteiger partial charge is 0.480 e. The molecule has 0 aromatic heterocycles. The average Bonchev–Trinajstić information content (AvgIpc) is 2.91. The summed E-state index contributed by atoms with van der Waals surface area (Å²) in [5, 5.41) is 8.39. The average molecular weight is 368 g/mol. The monoisotopic (exact) mass is 367 g/mol. The highest BCUT2D eigenvalue weighted by Gasteiger charge is 2.36. The molecule has 1 aromatic carbocycles. The number of thioether (sulfide) groups is 1. The van der Waals surface area contributed by atoms with E-state index in [9.17, 15) is 18.0 Å². The summed E-state index contributed by atoms with van der Waals surface area (Å²) in [6.07, 6.45) is -3.25. The van der Waals surface area contributed by atoms with Crippen molar-refractivity contribution >= 4 is 35.0 Å². The van der Waals surface area contributed by atoms with E-state index in [-0.39, 0.29) is 10.3 Å². The van der Waals surface area contributed by atoms with Gasteiger partial charge in [0.2, 0.25) is 0 Å². The van der Waals surface area contributed by atoms with Gasteiger partial charge < -0.3 is 10.0 Å². The lowest BCUT2D eigenvalue weighted by Gasteiger charge is -2.22. The molecule has 3 nitrogen and oxygen atoms in total. The molecule has 128 valence electrons. The molecule has 1 saturated heterocycles. The lowest BCUT2D eigenvalue weighted by molar-refractivity contribution is -0.138. The predicted molar refractivity (Wildman–Crippen MR) is 86.4 cm³/mol. The van der Waals surface area contributed by atoms with Gasteiger partial charge in [-0.3, -0.25) is 4.79 Å². The van der Waals surface area contributed by atoms with Crippen molar-refractivity contribution in [3.05, 3.63) is 28.8 Å². The van der Waals surface area contributed by atoms with Gasteiger partial charge in [-0.05, 0) is 25.0 Å². The summed E-state index contributed by atoms with van der Waals surface area (Å²) in [6.45, 7) is 2.87. The number of benzene rings is 1. The van der Waals surface area contributed by atoms with Crippen molar-refractivity contribution in [1.29, 1.82) is 0 Å². The molecule has 1 heterocycles. The van der Waals surface area contributed by atoms with Crippen molar-refractivity contribution in [2.45, 2.75) is 36.4 Å². The van der Waals surface area contributed by atoms with Gasteiger partial charge >= 0.3 is 12.1 Å². The highest BCUT2D eigenvalue weighted by molar-refractivity contribution is 8.01. The standard InChI is InChI=1S/C15H17ClF3NO2S/c1-2-12(14(21)22)23-9-6-7-20(8-9)11-5-3-4-10(13(11)16)15(17,18)19/h3-5,9,12H,2,6-8H2,1H3,(H,21,22). The maximum absolute atomic E-state index is 12.9. The topological polar surface area (TPSA) is 40.5 Å². The fourth-order valence-corrected chi connectivity index (χ4v) is 4.24. The van der Waals surface area contributed by atoms with E-state index >= 15 is 0 Å². The number of aliphatic carboxylic acids is 1. The van der Waals surface area contributed by atoms with Gasteiger partial charge in [-0.2, -0.15) is 13.2 Å². The fourth-order valence-electron chi connectivity index (χ4n) is 2.60. The van der Waals surface area contributed by atoms with Crippen LogP contribution in [0.2, 0.25) is 5.02 Å². The van der Waals surface area contributed by atoms with Gasteiger partial charge in [0.15, 0.2) is 0 Å². The van der Waals surface area contributed by atoms with E-state index in [1.807, 2.05) is 6.92 Å². The molecule has 1 fully saturated rings. The van der Waals surface area contributed by atoms with E-state index in [4.69, 9.17) is 16.7 Å². The minimum absolute atomic E-state index is 0.0710. The lowest BCUT2D eigenvalue weighted by atomic mass is 10.2. The summed E-state index contributed by atoms with van der Waals surface area (Å²) >= 11 is 7.31. The van der Waals surface area contributed by atoms with Crippen molar-refractivity contribution in [2.75, 3.05) is 18.0 Å². The molecule has 1 aliphatic rings. The highest BCUT2D eigenvalue weighted by Crippen LogP contribution is 2.41. The molecule has 0 bridgehead atoms. The molecule has 8 heteroatoms. The third-order valence-corrected chi connectivity index (χ3v) is 5.80. The van der Waals surface area contributed by atoms with Gasteiger partial charge in [0, 0.05) is 18.3 Å². The van der Waals surface area contributed by atoms with Gasteiger partial charge in [-0.25, -0.2) is 0 Å². The zero-order valence-corrected chi connectivity index (χ0v) is 14.0. The Hall–Kier alpha value is -1.08. The van der Waals surface area contributed by atoms with Crippen molar-refractivity contribution in [3.8, 4) is 0 Å². The second kappa shape index (κ2) is 7.21. The first-order chi connectivity index (χ1) is 10.7. The fraction of sp³-hybridized carbons (Fsp3) is 0.533. The quantitative estimate of drug-likeness (QED) is 0.829. The van der Waals surface area contributed by atoms with Crippen molar-refractivity contribution in [3.63, 3.8) is 0 Å². The van der Waals surface area contributed by atoms with Gasteiger partial charge in [0.05, 0.1) is 16.3 Å². The molecule has 2 unspecified atom stereocenters. The van der Waals surface area contributed by atoms with Crippen LogP contribution in [0.4, 0.5) is 18.9 Å². The predicted octanol–water partition coefficient (Wildman–Crippen LogP) is 4.53. The Kier molecular flexibility index (Phi) is 5.73. The third-order valence-electron chi connectivity index (χ3n) is 3.77. The van der Waals surface area contributed by atoms with E-state index in [2.05, 4.69) is 0 Å². The first kappa shape index (κ1) is 18.3. The molecule has 0 amide bonds. The highest BCUT2D eigenvalue weighted by atomic mass is 35.5. The summed E-state index contributed by atoms with van der Waals surface area (Å²) in [7, 11) is 0. The first-order valence-electron chi connectivity index (χ1n) is 7.23. The molecule has 2 rings (SSSR count). The minimum atomic E-state index is -4.49. The molecule has 0 saturated carbocycles. The number of rotatable bonds is 5. The van der Waals surface area contributed by atoms with E-state index in [0.717, 1.165) is 12.5 Å². The summed E-state index contributed by atoms with van der Waals surface area (Å²) < 4.78 is 38.8. The second-order valence-corrected chi connectivity index (χ2v) is 7.25. The molecular weight excluding hydrogens is 351 g/mol. The van der Waals surface area contributed by atoms with Crippen LogP contribution in [-0.4, -0.2) is 34.7 Å². The normalized spacial score (nSPS) is 19.9. The van der Waals surface area contributed by atoms with Crippen LogP contribution in [0.15, 0.2) is 18.2 Å². The van der Waals surface area contributed by atoms with Gasteiger partial charge in [-0.15, -0.1) is 11.8 Å². The maximum atomic E-state index is 12.9. The van der Waals surface area contributed by atoms with Crippen LogP contribution in [0, 0.1) is 0 Å². The summed E-state index contributed by atoms with van der Waals surface area (Å²) in [4.78, 5) is 12.9. The number of alkyl halides is 3. The van der Waals surface area contributed by atoms with Crippen LogP contribution in [0.5, 0.6) is 0 Å². The second-order valence-electron chi connectivity index (χ2n) is 5.36. The van der Waals surface area contributed by atoms with E-state index in [1.165, 1.54) is 17.8 Å². The SMILES string of the molecule is CCC(SC1CCN(c2cccc(C(F)(F)F)c2Cl)C1)C(=O)O. The summed E-state index contributed by atoms with van der Waals surface area (Å²) in [5.41, 5.74) is -0.488. The van der Waals surface area contributed by atoms with Crippen LogP contribution in [0.25, 0.3) is 0 Å². The van der Waals surface area contributed by atoms with Crippen molar-refractivity contribution in [2.24, 2.45) is 0 Å². The molecular formula is C15H17ClF3NO2S. The molecule has 0 radical (unpaired) electrons. The lowest BCUT2D eigenvalue weighted by Crippen LogP contribution is -2.24. The van der Waals surface area contributed by atoms with Crippen LogP contribution < -0.4 is 4.90 Å². The number of hydrogen-bond donors (Lipinski definition) is 1. The van der Waals surface area contributed by atoms with Crippen molar-refractivity contribution in [1.82, 2.24) is 0 Å². The minimum Gasteiger partial charge on any atom is -0.480 e. The Labute approximate surface area is 141 Å². The molecule has 1 aromatic rings. The van der Waals surface area contributed by atoms with Gasteiger partial charge in [0.25, 0.3) is 0 Å². The zero-order valence-electron chi connectivity index (χ0n) is 12.4. The van der Waals surface area contributed by atoms with Gasteiger partial charge in [-0.1, -0.05) is 24.6 Å². The van der Waals surface area contributed by atoms with Gasteiger partial charge in [0.1, 0.15) is 5.25 Å². The Bertz CT molecular complexity index is 582. The van der Waals surface area contributed by atoms with E-state index in [1.54, 1.807) is 11.0 Å². The Morgan fingerprint density at radius 2 is 2.22 bits per heavy atom. The molecule has 0 aliphatic carbocycles. The summed E-state index contributed by atoms with van der Waals surface area (Å²) in [5.74, 6) is -0.854. The smallest absolute Gasteiger partial charge is 0.417 e. The zero-order chi connectivity index (χ0) is 17.2. The number of halogens is 4. The molecule has 2 atom stereocenters. The van der Waals surface area contributed by atoms with Crippen LogP contribution >= 0.6 is 23.4 Å². The molecule has 1 aliphatic heterocycles. The summed E-state index contributed by atoms with van der Waals surface area (Å²) in [6, 6.07) is 3.88. The van der Waals surface area contributed by atoms with Crippen LogP contribution in [0.3, 0.4) is 0 Å². The molecule has 1 N–H and O–H groups in total. The number of carboxylic acid groups (broad SMARTS) is 1.